The van der Waals surface area contributed by atoms with Crippen LogP contribution in [0.3, 0.4) is 0 Å². The van der Waals surface area contributed by atoms with Crippen molar-refractivity contribution in [3.05, 3.63) is 47.6 Å². The summed E-state index contributed by atoms with van der Waals surface area (Å²) in [7, 11) is 1.59. The summed E-state index contributed by atoms with van der Waals surface area (Å²) in [6, 6.07) is 9.96. The van der Waals surface area contributed by atoms with Gasteiger partial charge in [0.25, 0.3) is 0 Å². The summed E-state index contributed by atoms with van der Waals surface area (Å²) >= 11 is 0. The summed E-state index contributed by atoms with van der Waals surface area (Å²) < 4.78 is 10.0. The van der Waals surface area contributed by atoms with Gasteiger partial charge in [-0.05, 0) is 18.4 Å². The Morgan fingerprint density at radius 1 is 1.33 bits per heavy atom. The number of ether oxygens (including phenoxy) is 1. The smallest absolute Gasteiger partial charge is 0.243 e. The Hall–Kier alpha value is -1.72. The van der Waals surface area contributed by atoms with Crippen LogP contribution in [0.5, 0.6) is 0 Å². The first-order chi connectivity index (χ1) is 8.79. The maximum Gasteiger partial charge on any atom is 0.243 e. The first kappa shape index (κ1) is 12.7. The summed E-state index contributed by atoms with van der Waals surface area (Å²) in [5, 5.41) is 3.79. The van der Waals surface area contributed by atoms with E-state index >= 15 is 0 Å². The van der Waals surface area contributed by atoms with Crippen LogP contribution in [0, 0.1) is 0 Å². The molecular formula is C13H17N3O2. The number of methoxy groups -OCH3 is 1. The highest BCUT2D eigenvalue weighted by Gasteiger charge is 2.14. The molecule has 2 N–H and O–H groups in total. The van der Waals surface area contributed by atoms with Crippen LogP contribution >= 0.6 is 0 Å². The highest BCUT2D eigenvalue weighted by atomic mass is 16.5. The number of aromatic nitrogens is 2. The Morgan fingerprint density at radius 3 is 2.83 bits per heavy atom. The molecule has 0 fully saturated rings. The largest absolute Gasteiger partial charge is 0.377 e. The molecule has 2 rings (SSSR count). The number of nitrogens with zero attached hydrogens (tertiary/aromatic N) is 2. The molecule has 0 radical (unpaired) electrons. The average Bonchev–Trinajstić information content (AvgIpc) is 2.86. The van der Waals surface area contributed by atoms with Crippen LogP contribution in [0.4, 0.5) is 0 Å². The molecule has 0 aliphatic carbocycles. The zero-order valence-corrected chi connectivity index (χ0v) is 10.4. The van der Waals surface area contributed by atoms with Crippen molar-refractivity contribution < 1.29 is 9.26 Å². The third-order valence-electron chi connectivity index (χ3n) is 2.66. The maximum absolute atomic E-state index is 6.02. The van der Waals surface area contributed by atoms with Gasteiger partial charge < -0.3 is 15.0 Å². The van der Waals surface area contributed by atoms with Crippen molar-refractivity contribution in [1.82, 2.24) is 10.1 Å². The number of aryl methyl sites for hydroxylation is 1. The molecule has 18 heavy (non-hydrogen) atoms. The van der Waals surface area contributed by atoms with Gasteiger partial charge in [0.2, 0.25) is 5.89 Å². The normalized spacial score (nSPS) is 12.6. The van der Waals surface area contributed by atoms with Gasteiger partial charge in [-0.3, -0.25) is 0 Å². The van der Waals surface area contributed by atoms with Crippen molar-refractivity contribution in [1.29, 1.82) is 0 Å². The topological polar surface area (TPSA) is 74.2 Å². The van der Waals surface area contributed by atoms with Crippen molar-refractivity contribution >= 4 is 0 Å². The van der Waals surface area contributed by atoms with Gasteiger partial charge in [-0.15, -0.1) is 0 Å². The van der Waals surface area contributed by atoms with Crippen LogP contribution in [-0.2, 0) is 17.8 Å². The fourth-order valence-electron chi connectivity index (χ4n) is 1.70. The van der Waals surface area contributed by atoms with Gasteiger partial charge in [-0.1, -0.05) is 35.5 Å². The standard InChI is InChI=1S/C13H17N3O2/c1-17-9-12-15-13(18-16-12)11(14)8-7-10-5-3-2-4-6-10/h2-6,11H,7-9,14H2,1H3. The van der Waals surface area contributed by atoms with Crippen LogP contribution in [0.15, 0.2) is 34.9 Å². The molecule has 0 aliphatic rings. The third-order valence-corrected chi connectivity index (χ3v) is 2.66. The SMILES string of the molecule is COCc1noc(C(N)CCc2ccccc2)n1. The van der Waals surface area contributed by atoms with Crippen LogP contribution in [0.1, 0.15) is 29.7 Å². The van der Waals surface area contributed by atoms with E-state index in [9.17, 15) is 0 Å². The lowest BCUT2D eigenvalue weighted by molar-refractivity contribution is 0.174. The zero-order chi connectivity index (χ0) is 12.8. The van der Waals surface area contributed by atoms with Gasteiger partial charge in [-0.2, -0.15) is 4.98 Å². The molecule has 1 aromatic carbocycles. The molecule has 2 aromatic rings. The highest BCUT2D eigenvalue weighted by molar-refractivity contribution is 5.15. The number of nitrogens with two attached hydrogens (primary N) is 1. The lowest BCUT2D eigenvalue weighted by Crippen LogP contribution is -2.12. The molecule has 0 spiro atoms. The minimum absolute atomic E-state index is 0.233. The minimum Gasteiger partial charge on any atom is -0.377 e. The fourth-order valence-corrected chi connectivity index (χ4v) is 1.70. The quantitative estimate of drug-likeness (QED) is 0.843. The maximum atomic E-state index is 6.02. The van der Waals surface area contributed by atoms with E-state index in [1.54, 1.807) is 7.11 Å². The second-order valence-corrected chi connectivity index (χ2v) is 4.11. The van der Waals surface area contributed by atoms with E-state index in [0.29, 0.717) is 18.3 Å². The van der Waals surface area contributed by atoms with Gasteiger partial charge in [0, 0.05) is 7.11 Å². The van der Waals surface area contributed by atoms with Crippen LogP contribution in [0.2, 0.25) is 0 Å². The Labute approximate surface area is 106 Å². The van der Waals surface area contributed by atoms with Crippen molar-refractivity contribution in [3.63, 3.8) is 0 Å². The van der Waals surface area contributed by atoms with Crippen molar-refractivity contribution in [2.24, 2.45) is 5.73 Å². The number of benzene rings is 1. The fraction of sp³-hybridized carbons (Fsp3) is 0.385. The molecule has 1 unspecified atom stereocenters. The van der Waals surface area contributed by atoms with E-state index in [-0.39, 0.29) is 6.04 Å². The summed E-state index contributed by atoms with van der Waals surface area (Å²) in [5.74, 6) is 1.00. The lowest BCUT2D eigenvalue weighted by Gasteiger charge is -2.06. The van der Waals surface area contributed by atoms with Gasteiger partial charge in [-0.25, -0.2) is 0 Å². The second kappa shape index (κ2) is 6.28. The zero-order valence-electron chi connectivity index (χ0n) is 10.4. The molecule has 5 nitrogen and oxygen atoms in total. The summed E-state index contributed by atoms with van der Waals surface area (Å²) in [5.41, 5.74) is 7.27. The molecule has 0 saturated carbocycles. The summed E-state index contributed by atoms with van der Waals surface area (Å²) in [6.07, 6.45) is 1.67. The van der Waals surface area contributed by atoms with Crippen LogP contribution in [0.25, 0.3) is 0 Å². The van der Waals surface area contributed by atoms with E-state index in [2.05, 4.69) is 22.3 Å². The van der Waals surface area contributed by atoms with E-state index < -0.39 is 0 Å². The Bertz CT molecular complexity index is 470. The monoisotopic (exact) mass is 247 g/mol. The lowest BCUT2D eigenvalue weighted by atomic mass is 10.1. The number of hydrogen-bond acceptors (Lipinski definition) is 5. The Morgan fingerprint density at radius 2 is 2.11 bits per heavy atom. The van der Waals surface area contributed by atoms with Gasteiger partial charge in [0.05, 0.1) is 6.04 Å². The van der Waals surface area contributed by atoms with Gasteiger partial charge in [0.1, 0.15) is 6.61 Å². The average molecular weight is 247 g/mol. The molecule has 0 bridgehead atoms. The molecule has 96 valence electrons. The number of hydrogen-bond donors (Lipinski definition) is 1. The molecular weight excluding hydrogens is 230 g/mol. The second-order valence-electron chi connectivity index (χ2n) is 4.11. The highest BCUT2D eigenvalue weighted by Crippen LogP contribution is 2.15. The minimum atomic E-state index is -0.233. The van der Waals surface area contributed by atoms with E-state index in [0.717, 1.165) is 12.8 Å². The first-order valence-electron chi connectivity index (χ1n) is 5.90. The van der Waals surface area contributed by atoms with Gasteiger partial charge in [0.15, 0.2) is 5.82 Å². The Balaban J connectivity index is 1.89. The molecule has 0 aliphatic heterocycles. The summed E-state index contributed by atoms with van der Waals surface area (Å²) in [4.78, 5) is 4.18. The van der Waals surface area contributed by atoms with E-state index in [1.807, 2.05) is 18.2 Å². The molecule has 0 saturated heterocycles. The first-order valence-corrected chi connectivity index (χ1v) is 5.90. The predicted molar refractivity (Wildman–Crippen MR) is 66.7 cm³/mol. The molecule has 0 amide bonds. The van der Waals surface area contributed by atoms with E-state index in [1.165, 1.54) is 5.56 Å². The van der Waals surface area contributed by atoms with Crippen LogP contribution in [-0.4, -0.2) is 17.3 Å². The van der Waals surface area contributed by atoms with Gasteiger partial charge >= 0.3 is 0 Å². The summed E-state index contributed by atoms with van der Waals surface area (Å²) in [6.45, 7) is 0.342. The van der Waals surface area contributed by atoms with Crippen LogP contribution < -0.4 is 5.73 Å². The van der Waals surface area contributed by atoms with Crippen molar-refractivity contribution in [3.8, 4) is 0 Å². The molecule has 1 heterocycles. The molecule has 1 aromatic heterocycles. The van der Waals surface area contributed by atoms with Crippen molar-refractivity contribution in [2.45, 2.75) is 25.5 Å². The Kier molecular flexibility index (Phi) is 4.44. The predicted octanol–water partition coefficient (Wildman–Crippen LogP) is 1.85. The molecule has 5 heteroatoms. The van der Waals surface area contributed by atoms with Crippen molar-refractivity contribution in [2.75, 3.05) is 7.11 Å². The third kappa shape index (κ3) is 3.38. The number of rotatable bonds is 6. The van der Waals surface area contributed by atoms with E-state index in [4.69, 9.17) is 15.0 Å². The molecule has 1 atom stereocenters.